The van der Waals surface area contributed by atoms with Crippen LogP contribution >= 0.6 is 11.6 Å². The monoisotopic (exact) mass is 283 g/mol. The van der Waals surface area contributed by atoms with Gasteiger partial charge in [-0.05, 0) is 26.2 Å². The molecule has 2 heterocycles. The lowest BCUT2D eigenvalue weighted by molar-refractivity contribution is 0.0719. The minimum absolute atomic E-state index is 0.359. The standard InChI is InChI=1S/C14H22ClN3O/c1-4-5-12-13(15)16-9-17-14(12)18-7-6-11(19-3)8-10(18)2/h9-11H,4-8H2,1-3H3. The van der Waals surface area contributed by atoms with Gasteiger partial charge in [-0.3, -0.25) is 0 Å². The first-order chi connectivity index (χ1) is 9.17. The smallest absolute Gasteiger partial charge is 0.137 e. The number of hydrogen-bond donors (Lipinski definition) is 0. The quantitative estimate of drug-likeness (QED) is 0.796. The third-order valence-corrected chi connectivity index (χ3v) is 4.13. The van der Waals surface area contributed by atoms with Crippen LogP contribution in [0.15, 0.2) is 6.33 Å². The van der Waals surface area contributed by atoms with Crippen LogP contribution in [0.3, 0.4) is 0 Å². The molecule has 0 N–H and O–H groups in total. The Bertz CT molecular complexity index is 427. The summed E-state index contributed by atoms with van der Waals surface area (Å²) in [6.45, 7) is 5.33. The highest BCUT2D eigenvalue weighted by atomic mass is 35.5. The molecular weight excluding hydrogens is 262 g/mol. The minimum atomic E-state index is 0.359. The molecule has 1 aromatic heterocycles. The summed E-state index contributed by atoms with van der Waals surface area (Å²) in [5.41, 5.74) is 1.08. The molecular formula is C14H22ClN3O. The Morgan fingerprint density at radius 1 is 1.47 bits per heavy atom. The zero-order valence-corrected chi connectivity index (χ0v) is 12.7. The zero-order valence-electron chi connectivity index (χ0n) is 11.9. The molecule has 0 spiro atoms. The van der Waals surface area contributed by atoms with Crippen LogP contribution < -0.4 is 4.90 Å². The van der Waals surface area contributed by atoms with E-state index in [1.165, 1.54) is 0 Å². The van der Waals surface area contributed by atoms with Crippen molar-refractivity contribution in [3.05, 3.63) is 17.0 Å². The van der Waals surface area contributed by atoms with E-state index >= 15 is 0 Å². The Morgan fingerprint density at radius 3 is 2.89 bits per heavy atom. The lowest BCUT2D eigenvalue weighted by atomic mass is 9.99. The van der Waals surface area contributed by atoms with Gasteiger partial charge >= 0.3 is 0 Å². The van der Waals surface area contributed by atoms with E-state index in [0.29, 0.717) is 17.3 Å². The number of hydrogen-bond acceptors (Lipinski definition) is 4. The summed E-state index contributed by atoms with van der Waals surface area (Å²) in [7, 11) is 1.79. The van der Waals surface area contributed by atoms with Crippen molar-refractivity contribution in [1.82, 2.24) is 9.97 Å². The number of methoxy groups -OCH3 is 1. The molecule has 106 valence electrons. The maximum atomic E-state index is 6.23. The van der Waals surface area contributed by atoms with Crippen LogP contribution in [0.1, 0.15) is 38.7 Å². The van der Waals surface area contributed by atoms with E-state index in [1.54, 1.807) is 13.4 Å². The van der Waals surface area contributed by atoms with Crippen LogP contribution in [0.2, 0.25) is 5.15 Å². The maximum Gasteiger partial charge on any atom is 0.137 e. The Labute approximate surface area is 120 Å². The topological polar surface area (TPSA) is 38.2 Å². The van der Waals surface area contributed by atoms with Gasteiger partial charge in [-0.15, -0.1) is 0 Å². The normalized spacial score (nSPS) is 23.7. The van der Waals surface area contributed by atoms with E-state index < -0.39 is 0 Å². The first-order valence-corrected chi connectivity index (χ1v) is 7.34. The largest absolute Gasteiger partial charge is 0.381 e. The number of anilines is 1. The van der Waals surface area contributed by atoms with Crippen molar-refractivity contribution in [2.75, 3.05) is 18.6 Å². The number of piperidine rings is 1. The lowest BCUT2D eigenvalue weighted by Gasteiger charge is -2.38. The molecule has 0 aliphatic carbocycles. The molecule has 19 heavy (non-hydrogen) atoms. The maximum absolute atomic E-state index is 6.23. The number of aromatic nitrogens is 2. The van der Waals surface area contributed by atoms with E-state index in [0.717, 1.165) is 43.6 Å². The molecule has 2 rings (SSSR count). The third-order valence-electron chi connectivity index (χ3n) is 3.80. The van der Waals surface area contributed by atoms with Crippen LogP contribution in [0.25, 0.3) is 0 Å². The first kappa shape index (κ1) is 14.5. The van der Waals surface area contributed by atoms with Gasteiger partial charge in [0.15, 0.2) is 0 Å². The van der Waals surface area contributed by atoms with Crippen molar-refractivity contribution in [3.8, 4) is 0 Å². The fourth-order valence-corrected chi connectivity index (χ4v) is 2.98. The molecule has 1 aromatic rings. The summed E-state index contributed by atoms with van der Waals surface area (Å²) < 4.78 is 5.46. The fourth-order valence-electron chi connectivity index (χ4n) is 2.75. The van der Waals surface area contributed by atoms with Crippen molar-refractivity contribution in [2.24, 2.45) is 0 Å². The van der Waals surface area contributed by atoms with Gasteiger partial charge in [0.25, 0.3) is 0 Å². The fraction of sp³-hybridized carbons (Fsp3) is 0.714. The third kappa shape index (κ3) is 3.18. The molecule has 0 saturated carbocycles. The second-order valence-electron chi connectivity index (χ2n) is 5.14. The molecule has 0 amide bonds. The zero-order chi connectivity index (χ0) is 13.8. The molecule has 0 bridgehead atoms. The highest BCUT2D eigenvalue weighted by molar-refractivity contribution is 6.30. The van der Waals surface area contributed by atoms with E-state index in [9.17, 15) is 0 Å². The van der Waals surface area contributed by atoms with E-state index in [4.69, 9.17) is 16.3 Å². The summed E-state index contributed by atoms with van der Waals surface area (Å²) in [5.74, 6) is 1.00. The lowest BCUT2D eigenvalue weighted by Crippen LogP contribution is -2.44. The van der Waals surface area contributed by atoms with Gasteiger partial charge in [-0.25, -0.2) is 9.97 Å². The highest BCUT2D eigenvalue weighted by Crippen LogP contribution is 2.30. The summed E-state index contributed by atoms with van der Waals surface area (Å²) in [6.07, 6.45) is 5.96. The molecule has 1 saturated heterocycles. The predicted octanol–water partition coefficient (Wildman–Crippen LogP) is 3.09. The second-order valence-corrected chi connectivity index (χ2v) is 5.50. The molecule has 0 radical (unpaired) electrons. The summed E-state index contributed by atoms with van der Waals surface area (Å²) >= 11 is 6.23. The number of halogens is 1. The van der Waals surface area contributed by atoms with E-state index in [2.05, 4.69) is 28.7 Å². The molecule has 1 fully saturated rings. The van der Waals surface area contributed by atoms with Crippen LogP contribution in [0, 0.1) is 0 Å². The predicted molar refractivity (Wildman–Crippen MR) is 77.9 cm³/mol. The van der Waals surface area contributed by atoms with Gasteiger partial charge in [-0.1, -0.05) is 24.9 Å². The molecule has 1 aliphatic heterocycles. The molecule has 2 unspecified atom stereocenters. The van der Waals surface area contributed by atoms with Gasteiger partial charge in [0, 0.05) is 25.3 Å². The second kappa shape index (κ2) is 6.53. The van der Waals surface area contributed by atoms with Crippen LogP contribution in [-0.2, 0) is 11.2 Å². The van der Waals surface area contributed by atoms with E-state index in [-0.39, 0.29) is 0 Å². The van der Waals surface area contributed by atoms with Gasteiger partial charge in [-0.2, -0.15) is 0 Å². The van der Waals surface area contributed by atoms with Crippen molar-refractivity contribution >= 4 is 17.4 Å². The Balaban J connectivity index is 2.24. The first-order valence-electron chi connectivity index (χ1n) is 6.96. The molecule has 4 nitrogen and oxygen atoms in total. The summed E-state index contributed by atoms with van der Waals surface area (Å²) in [5, 5.41) is 0.591. The van der Waals surface area contributed by atoms with Crippen molar-refractivity contribution < 1.29 is 4.74 Å². The SMILES string of the molecule is CCCc1c(Cl)ncnc1N1CCC(OC)CC1C. The number of nitrogens with zero attached hydrogens (tertiary/aromatic N) is 3. The molecule has 1 aliphatic rings. The summed E-state index contributed by atoms with van der Waals surface area (Å²) in [6, 6.07) is 0.417. The average molecular weight is 284 g/mol. The van der Waals surface area contributed by atoms with Crippen LogP contribution in [0.4, 0.5) is 5.82 Å². The van der Waals surface area contributed by atoms with Gasteiger partial charge in [0.1, 0.15) is 17.3 Å². The molecule has 0 aromatic carbocycles. The van der Waals surface area contributed by atoms with Crippen LogP contribution in [0.5, 0.6) is 0 Å². The van der Waals surface area contributed by atoms with Gasteiger partial charge in [0.05, 0.1) is 6.10 Å². The number of ether oxygens (including phenoxy) is 1. The summed E-state index contributed by atoms with van der Waals surface area (Å²) in [4.78, 5) is 10.9. The van der Waals surface area contributed by atoms with Crippen molar-refractivity contribution in [1.29, 1.82) is 0 Å². The number of rotatable bonds is 4. The Morgan fingerprint density at radius 2 is 2.26 bits per heavy atom. The molecule has 5 heteroatoms. The molecule has 2 atom stereocenters. The van der Waals surface area contributed by atoms with Crippen molar-refractivity contribution in [3.63, 3.8) is 0 Å². The van der Waals surface area contributed by atoms with Crippen molar-refractivity contribution in [2.45, 2.75) is 51.7 Å². The Hall–Kier alpha value is -0.870. The minimum Gasteiger partial charge on any atom is -0.381 e. The van der Waals surface area contributed by atoms with E-state index in [1.807, 2.05) is 0 Å². The van der Waals surface area contributed by atoms with Gasteiger partial charge in [0.2, 0.25) is 0 Å². The highest BCUT2D eigenvalue weighted by Gasteiger charge is 2.28. The Kier molecular flexibility index (Phi) is 4.99. The average Bonchev–Trinajstić information content (AvgIpc) is 2.41. The van der Waals surface area contributed by atoms with Gasteiger partial charge < -0.3 is 9.64 Å². The van der Waals surface area contributed by atoms with Crippen LogP contribution in [-0.4, -0.2) is 35.8 Å².